The first-order valence-corrected chi connectivity index (χ1v) is 4.02. The Labute approximate surface area is 77.0 Å². The third kappa shape index (κ3) is 2.76. The van der Waals surface area contributed by atoms with E-state index in [9.17, 15) is 0 Å². The Morgan fingerprint density at radius 1 is 1.54 bits per heavy atom. The normalized spacial score (nSPS) is 19.0. The molecule has 4 heteroatoms. The van der Waals surface area contributed by atoms with Crippen LogP contribution in [0.2, 0.25) is 0 Å². The number of aliphatic hydroxyl groups is 1. The SMILES string of the molecule is N=C1C=CC(N)=C/C1=C/NCCO. The van der Waals surface area contributed by atoms with Gasteiger partial charge in [-0.1, -0.05) is 0 Å². The zero-order valence-electron chi connectivity index (χ0n) is 7.25. The van der Waals surface area contributed by atoms with Crippen molar-refractivity contribution in [2.75, 3.05) is 13.2 Å². The molecular weight excluding hydrogens is 166 g/mol. The molecule has 0 unspecified atom stereocenters. The number of hydrogen-bond acceptors (Lipinski definition) is 4. The maximum atomic E-state index is 8.51. The fourth-order valence-electron chi connectivity index (χ4n) is 0.947. The van der Waals surface area contributed by atoms with Gasteiger partial charge in [0.25, 0.3) is 0 Å². The predicted octanol–water partition coefficient (Wildman–Crippen LogP) is -0.116. The number of nitrogens with one attached hydrogen (secondary N) is 2. The van der Waals surface area contributed by atoms with Crippen molar-refractivity contribution in [2.45, 2.75) is 0 Å². The summed E-state index contributed by atoms with van der Waals surface area (Å²) >= 11 is 0. The lowest BCUT2D eigenvalue weighted by Gasteiger charge is -2.07. The first-order valence-electron chi connectivity index (χ1n) is 4.02. The van der Waals surface area contributed by atoms with Crippen LogP contribution in [0.15, 0.2) is 35.7 Å². The molecule has 70 valence electrons. The van der Waals surface area contributed by atoms with Crippen LogP contribution < -0.4 is 11.1 Å². The largest absolute Gasteiger partial charge is 0.399 e. The van der Waals surface area contributed by atoms with Gasteiger partial charge in [-0.25, -0.2) is 0 Å². The molecule has 0 fully saturated rings. The Morgan fingerprint density at radius 2 is 2.31 bits per heavy atom. The van der Waals surface area contributed by atoms with Crippen LogP contribution in [0.5, 0.6) is 0 Å². The van der Waals surface area contributed by atoms with E-state index in [2.05, 4.69) is 5.32 Å². The van der Waals surface area contributed by atoms with E-state index >= 15 is 0 Å². The molecule has 0 aromatic heterocycles. The predicted molar refractivity (Wildman–Crippen MR) is 52.3 cm³/mol. The molecule has 0 radical (unpaired) electrons. The minimum Gasteiger partial charge on any atom is -0.399 e. The van der Waals surface area contributed by atoms with E-state index in [0.29, 0.717) is 18.0 Å². The number of aliphatic hydroxyl groups excluding tert-OH is 1. The maximum absolute atomic E-state index is 8.51. The van der Waals surface area contributed by atoms with Gasteiger partial charge >= 0.3 is 0 Å². The Hall–Kier alpha value is -1.55. The van der Waals surface area contributed by atoms with Crippen LogP contribution in [0.4, 0.5) is 0 Å². The van der Waals surface area contributed by atoms with Crippen molar-refractivity contribution in [3.8, 4) is 0 Å². The van der Waals surface area contributed by atoms with Gasteiger partial charge < -0.3 is 21.6 Å². The molecular formula is C9H13N3O. The molecule has 13 heavy (non-hydrogen) atoms. The lowest BCUT2D eigenvalue weighted by Crippen LogP contribution is -2.14. The Bertz CT molecular complexity index is 289. The molecule has 1 rings (SSSR count). The van der Waals surface area contributed by atoms with Crippen LogP contribution in [0, 0.1) is 5.41 Å². The molecule has 0 amide bonds. The average Bonchev–Trinajstić information content (AvgIpc) is 2.11. The fourth-order valence-corrected chi connectivity index (χ4v) is 0.947. The van der Waals surface area contributed by atoms with E-state index in [1.165, 1.54) is 0 Å². The highest BCUT2D eigenvalue weighted by atomic mass is 16.3. The third-order valence-electron chi connectivity index (χ3n) is 1.59. The molecule has 0 aromatic rings. The Balaban J connectivity index is 2.63. The summed E-state index contributed by atoms with van der Waals surface area (Å²) in [5.41, 5.74) is 7.33. The van der Waals surface area contributed by atoms with E-state index in [1.54, 1.807) is 24.4 Å². The average molecular weight is 179 g/mol. The topological polar surface area (TPSA) is 82.1 Å². The minimum atomic E-state index is 0.0755. The van der Waals surface area contributed by atoms with Gasteiger partial charge in [0, 0.05) is 24.0 Å². The number of hydrogen-bond donors (Lipinski definition) is 4. The molecule has 1 aliphatic rings. The van der Waals surface area contributed by atoms with Crippen molar-refractivity contribution in [3.05, 3.63) is 35.7 Å². The lowest BCUT2D eigenvalue weighted by atomic mass is 10.1. The summed E-state index contributed by atoms with van der Waals surface area (Å²) in [5.74, 6) is 0. The van der Waals surface area contributed by atoms with Gasteiger partial charge in [0.05, 0.1) is 12.3 Å². The summed E-state index contributed by atoms with van der Waals surface area (Å²) in [5, 5.41) is 18.9. The second-order valence-corrected chi connectivity index (χ2v) is 2.67. The van der Waals surface area contributed by atoms with E-state index in [4.69, 9.17) is 16.2 Å². The van der Waals surface area contributed by atoms with Crippen molar-refractivity contribution in [2.24, 2.45) is 5.73 Å². The quantitative estimate of drug-likeness (QED) is 0.456. The van der Waals surface area contributed by atoms with E-state index in [-0.39, 0.29) is 6.61 Å². The lowest BCUT2D eigenvalue weighted by molar-refractivity contribution is 0.298. The van der Waals surface area contributed by atoms with Gasteiger partial charge in [-0.3, -0.25) is 0 Å². The van der Waals surface area contributed by atoms with E-state index in [0.717, 1.165) is 5.57 Å². The van der Waals surface area contributed by atoms with Crippen molar-refractivity contribution in [1.29, 1.82) is 5.41 Å². The standard InChI is InChI=1S/C9H13N3O/c10-8-1-2-9(11)7(5-8)6-12-3-4-13/h1-2,5-6,11-13H,3-4,10H2/b7-6-,11-9?. The first kappa shape index (κ1) is 9.54. The number of rotatable bonds is 3. The van der Waals surface area contributed by atoms with E-state index in [1.807, 2.05) is 0 Å². The van der Waals surface area contributed by atoms with Gasteiger partial charge in [-0.05, 0) is 18.2 Å². The molecule has 0 aromatic carbocycles. The Kier molecular flexibility index (Phi) is 3.28. The first-order chi connectivity index (χ1) is 6.24. The van der Waals surface area contributed by atoms with Gasteiger partial charge in [0.1, 0.15) is 0 Å². The van der Waals surface area contributed by atoms with Gasteiger partial charge in [-0.15, -0.1) is 0 Å². The summed E-state index contributed by atoms with van der Waals surface area (Å²) in [6.45, 7) is 0.556. The summed E-state index contributed by atoms with van der Waals surface area (Å²) < 4.78 is 0. The number of nitrogens with two attached hydrogens (primary N) is 1. The van der Waals surface area contributed by atoms with Crippen LogP contribution in [0.1, 0.15) is 0 Å². The number of allylic oxidation sites excluding steroid dienone is 4. The maximum Gasteiger partial charge on any atom is 0.0628 e. The van der Waals surface area contributed by atoms with Crippen molar-refractivity contribution < 1.29 is 5.11 Å². The molecule has 4 nitrogen and oxygen atoms in total. The van der Waals surface area contributed by atoms with Crippen LogP contribution >= 0.6 is 0 Å². The molecule has 0 saturated carbocycles. The van der Waals surface area contributed by atoms with Crippen LogP contribution in [0.3, 0.4) is 0 Å². The molecule has 0 heterocycles. The molecule has 0 bridgehead atoms. The summed E-state index contributed by atoms with van der Waals surface area (Å²) in [4.78, 5) is 0. The molecule has 0 atom stereocenters. The molecule has 0 spiro atoms. The summed E-state index contributed by atoms with van der Waals surface area (Å²) in [7, 11) is 0. The third-order valence-corrected chi connectivity index (χ3v) is 1.59. The van der Waals surface area contributed by atoms with E-state index < -0.39 is 0 Å². The molecule has 5 N–H and O–H groups in total. The Morgan fingerprint density at radius 3 is 3.00 bits per heavy atom. The van der Waals surface area contributed by atoms with Crippen LogP contribution in [-0.4, -0.2) is 24.0 Å². The fraction of sp³-hybridized carbons (Fsp3) is 0.222. The smallest absolute Gasteiger partial charge is 0.0628 e. The van der Waals surface area contributed by atoms with Crippen LogP contribution in [0.25, 0.3) is 0 Å². The zero-order valence-corrected chi connectivity index (χ0v) is 7.25. The highest BCUT2D eigenvalue weighted by Crippen LogP contribution is 2.08. The monoisotopic (exact) mass is 179 g/mol. The molecule has 0 saturated heterocycles. The van der Waals surface area contributed by atoms with Gasteiger partial charge in [0.15, 0.2) is 0 Å². The highest BCUT2D eigenvalue weighted by molar-refractivity contribution is 6.09. The van der Waals surface area contributed by atoms with Crippen molar-refractivity contribution in [3.63, 3.8) is 0 Å². The summed E-state index contributed by atoms with van der Waals surface area (Å²) in [6.07, 6.45) is 6.72. The van der Waals surface area contributed by atoms with Crippen molar-refractivity contribution >= 4 is 5.71 Å². The minimum absolute atomic E-state index is 0.0755. The summed E-state index contributed by atoms with van der Waals surface area (Å²) in [6, 6.07) is 0. The van der Waals surface area contributed by atoms with Gasteiger partial charge in [0.2, 0.25) is 0 Å². The van der Waals surface area contributed by atoms with Gasteiger partial charge in [-0.2, -0.15) is 0 Å². The second-order valence-electron chi connectivity index (χ2n) is 2.67. The molecule has 0 aliphatic heterocycles. The second kappa shape index (κ2) is 4.47. The van der Waals surface area contributed by atoms with Crippen molar-refractivity contribution in [1.82, 2.24) is 5.32 Å². The highest BCUT2D eigenvalue weighted by Gasteiger charge is 2.03. The molecule has 1 aliphatic carbocycles. The zero-order chi connectivity index (χ0) is 9.68. The van der Waals surface area contributed by atoms with Crippen LogP contribution in [-0.2, 0) is 0 Å².